The Bertz CT molecular complexity index is 3020. The molecule has 8 aromatic carbocycles. The van der Waals surface area contributed by atoms with Crippen molar-refractivity contribution in [2.24, 2.45) is 0 Å². The van der Waals surface area contributed by atoms with Gasteiger partial charge in [-0.2, -0.15) is 0 Å². The molecule has 0 bridgehead atoms. The third-order valence-corrected chi connectivity index (χ3v) is 11.0. The summed E-state index contributed by atoms with van der Waals surface area (Å²) in [4.78, 5) is 14.3. The van der Waals surface area contributed by atoms with E-state index in [4.69, 9.17) is 0 Å². The molecule has 2 heterocycles. The summed E-state index contributed by atoms with van der Waals surface area (Å²) >= 11 is 0. The van der Waals surface area contributed by atoms with E-state index in [0.29, 0.717) is 0 Å². The molecule has 0 N–H and O–H groups in total. The highest BCUT2D eigenvalue weighted by atomic mass is 16.1. The minimum atomic E-state index is 0.0256. The van der Waals surface area contributed by atoms with Gasteiger partial charge in [-0.25, -0.2) is 0 Å². The Morgan fingerprint density at radius 3 is 1.80 bits per heavy atom. The van der Waals surface area contributed by atoms with E-state index < -0.39 is 0 Å². The summed E-state index contributed by atoms with van der Waals surface area (Å²) in [6.07, 6.45) is 0. The van der Waals surface area contributed by atoms with Gasteiger partial charge >= 0.3 is 0 Å². The molecule has 0 unspecified atom stereocenters. The van der Waals surface area contributed by atoms with Gasteiger partial charge in [0.1, 0.15) is 0 Å². The lowest BCUT2D eigenvalue weighted by Gasteiger charge is -2.19. The topological polar surface area (TPSA) is 21.5 Å². The average molecular weight is 636 g/mol. The maximum atomic E-state index is 14.3. The number of hydrogen-bond acceptors (Lipinski definition) is 1. The molecule has 2 heteroatoms. The molecule has 1 aliphatic carbocycles. The van der Waals surface area contributed by atoms with Crippen LogP contribution >= 0.6 is 0 Å². The maximum absolute atomic E-state index is 14.3. The van der Waals surface area contributed by atoms with Gasteiger partial charge in [0.05, 0.1) is 11.0 Å². The molecule has 2 nitrogen and oxygen atoms in total. The van der Waals surface area contributed by atoms with Gasteiger partial charge in [0, 0.05) is 27.5 Å². The number of fused-ring (bicyclic) bond motifs is 9. The van der Waals surface area contributed by atoms with E-state index in [-0.39, 0.29) is 11.5 Å². The molecule has 10 aromatic rings. The molecule has 0 aliphatic heterocycles. The number of benzene rings is 8. The molecular weight excluding hydrogens is 607 g/mol. The SMILES string of the molecule is O=c1c2ccc(-c3ccccc3)cc2c2cccc3c4cc(-c5cc(C6c7ccccc7-c7ccccc76)c6ccccc6c5)ccc4n1c23. The summed E-state index contributed by atoms with van der Waals surface area (Å²) in [5.74, 6) is 0.145. The van der Waals surface area contributed by atoms with Crippen molar-refractivity contribution in [3.8, 4) is 33.4 Å². The van der Waals surface area contributed by atoms with Gasteiger partial charge in [0.15, 0.2) is 0 Å². The second-order valence-electron chi connectivity index (χ2n) is 13.6. The summed E-state index contributed by atoms with van der Waals surface area (Å²) < 4.78 is 1.94. The lowest BCUT2D eigenvalue weighted by Crippen LogP contribution is -2.12. The van der Waals surface area contributed by atoms with Gasteiger partial charge in [-0.05, 0) is 103 Å². The van der Waals surface area contributed by atoms with Crippen LogP contribution in [0.25, 0.3) is 82.1 Å². The Kier molecular flexibility index (Phi) is 5.62. The van der Waals surface area contributed by atoms with Crippen LogP contribution in [-0.4, -0.2) is 4.40 Å². The van der Waals surface area contributed by atoms with E-state index in [1.54, 1.807) is 0 Å². The maximum Gasteiger partial charge on any atom is 0.263 e. The molecule has 2 aromatic heterocycles. The van der Waals surface area contributed by atoms with Gasteiger partial charge in [0.2, 0.25) is 0 Å². The van der Waals surface area contributed by atoms with E-state index in [1.807, 2.05) is 16.5 Å². The quantitative estimate of drug-likeness (QED) is 0.177. The lowest BCUT2D eigenvalue weighted by molar-refractivity contribution is 1.03. The first-order valence-electron chi connectivity index (χ1n) is 17.3. The second-order valence-corrected chi connectivity index (χ2v) is 13.6. The molecule has 0 amide bonds. The largest absolute Gasteiger partial charge is 0.275 e. The Morgan fingerprint density at radius 1 is 0.380 bits per heavy atom. The summed E-state index contributed by atoms with van der Waals surface area (Å²) in [7, 11) is 0. The van der Waals surface area contributed by atoms with Crippen molar-refractivity contribution in [1.29, 1.82) is 0 Å². The van der Waals surface area contributed by atoms with Crippen LogP contribution in [0.1, 0.15) is 22.6 Å². The van der Waals surface area contributed by atoms with Crippen LogP contribution in [0, 0.1) is 0 Å². The van der Waals surface area contributed by atoms with Crippen molar-refractivity contribution in [1.82, 2.24) is 4.40 Å². The van der Waals surface area contributed by atoms with Gasteiger partial charge < -0.3 is 0 Å². The number of hydrogen-bond donors (Lipinski definition) is 0. The zero-order chi connectivity index (χ0) is 32.9. The van der Waals surface area contributed by atoms with E-state index in [2.05, 4.69) is 158 Å². The molecule has 0 fully saturated rings. The van der Waals surface area contributed by atoms with Crippen molar-refractivity contribution < 1.29 is 0 Å². The van der Waals surface area contributed by atoms with Crippen molar-refractivity contribution in [2.75, 3.05) is 0 Å². The molecule has 11 rings (SSSR count). The van der Waals surface area contributed by atoms with E-state index in [9.17, 15) is 4.79 Å². The lowest BCUT2D eigenvalue weighted by atomic mass is 9.84. The molecule has 232 valence electrons. The number of aromatic nitrogens is 1. The first kappa shape index (κ1) is 27.4. The molecule has 0 atom stereocenters. The van der Waals surface area contributed by atoms with Crippen LogP contribution in [0.3, 0.4) is 0 Å². The fraction of sp³-hybridized carbons (Fsp3) is 0.0208. The Labute approximate surface area is 288 Å². The van der Waals surface area contributed by atoms with E-state index in [0.717, 1.165) is 54.7 Å². The number of para-hydroxylation sites is 1. The minimum absolute atomic E-state index is 0.0256. The summed E-state index contributed by atoms with van der Waals surface area (Å²) in [6, 6.07) is 60.9. The highest BCUT2D eigenvalue weighted by molar-refractivity contribution is 6.21. The van der Waals surface area contributed by atoms with Crippen LogP contribution in [0.4, 0.5) is 0 Å². The first-order valence-corrected chi connectivity index (χ1v) is 17.3. The van der Waals surface area contributed by atoms with Crippen molar-refractivity contribution in [2.45, 2.75) is 5.92 Å². The number of rotatable bonds is 3. The van der Waals surface area contributed by atoms with Crippen molar-refractivity contribution in [3.63, 3.8) is 0 Å². The normalized spacial score (nSPS) is 12.8. The van der Waals surface area contributed by atoms with Crippen LogP contribution in [0.15, 0.2) is 175 Å². The Morgan fingerprint density at radius 2 is 1.00 bits per heavy atom. The van der Waals surface area contributed by atoms with Crippen LogP contribution < -0.4 is 5.56 Å². The molecule has 0 radical (unpaired) electrons. The predicted octanol–water partition coefficient (Wildman–Crippen LogP) is 11.8. The zero-order valence-electron chi connectivity index (χ0n) is 27.1. The summed E-state index contributed by atoms with van der Waals surface area (Å²) in [5, 5.41) is 7.53. The fourth-order valence-electron chi connectivity index (χ4n) is 8.80. The Balaban J connectivity index is 1.15. The van der Waals surface area contributed by atoms with E-state index in [1.165, 1.54) is 44.2 Å². The van der Waals surface area contributed by atoms with Crippen LogP contribution in [0.5, 0.6) is 0 Å². The minimum Gasteiger partial charge on any atom is -0.275 e. The zero-order valence-corrected chi connectivity index (χ0v) is 27.1. The monoisotopic (exact) mass is 635 g/mol. The number of nitrogens with zero attached hydrogens (tertiary/aromatic N) is 1. The molecular formula is C48H29NO. The average Bonchev–Trinajstić information content (AvgIpc) is 3.70. The molecule has 0 saturated carbocycles. The van der Waals surface area contributed by atoms with Gasteiger partial charge in [0.25, 0.3) is 5.56 Å². The molecule has 1 aliphatic rings. The van der Waals surface area contributed by atoms with Crippen LogP contribution in [-0.2, 0) is 0 Å². The first-order chi connectivity index (χ1) is 24.7. The smallest absolute Gasteiger partial charge is 0.263 e. The second kappa shape index (κ2) is 10.2. The third kappa shape index (κ3) is 3.76. The standard InChI is InChI=1S/C48H29NO/c50-48-41-23-21-30(29-11-2-1-3-12-29)26-42(41)39-19-10-20-40-43-27-31(22-24-45(43)49(48)47(39)40)33-25-32-13-4-5-14-34(32)44(28-33)46-37-17-8-6-15-35(37)36-16-7-9-18-38(36)46/h1-28,46H. The highest BCUT2D eigenvalue weighted by Gasteiger charge is 2.31. The fourth-order valence-corrected chi connectivity index (χ4v) is 8.80. The van der Waals surface area contributed by atoms with Gasteiger partial charge in [-0.15, -0.1) is 0 Å². The highest BCUT2D eigenvalue weighted by Crippen LogP contribution is 2.50. The van der Waals surface area contributed by atoms with Crippen LogP contribution in [0.2, 0.25) is 0 Å². The summed E-state index contributed by atoms with van der Waals surface area (Å²) in [5.41, 5.74) is 13.2. The van der Waals surface area contributed by atoms with Gasteiger partial charge in [-0.3, -0.25) is 9.20 Å². The Hall–Kier alpha value is -6.51. The van der Waals surface area contributed by atoms with Crippen molar-refractivity contribution >= 4 is 48.7 Å². The van der Waals surface area contributed by atoms with Crippen molar-refractivity contribution in [3.05, 3.63) is 197 Å². The van der Waals surface area contributed by atoms with E-state index >= 15 is 0 Å². The number of pyridine rings is 1. The molecule has 0 saturated heterocycles. The molecule has 50 heavy (non-hydrogen) atoms. The predicted molar refractivity (Wildman–Crippen MR) is 209 cm³/mol. The van der Waals surface area contributed by atoms with Gasteiger partial charge in [-0.1, -0.05) is 133 Å². The third-order valence-electron chi connectivity index (χ3n) is 11.0. The summed E-state index contributed by atoms with van der Waals surface area (Å²) in [6.45, 7) is 0. The molecule has 0 spiro atoms.